The molecule has 0 heterocycles. The summed E-state index contributed by atoms with van der Waals surface area (Å²) < 4.78 is 0. The number of amides is 1. The first kappa shape index (κ1) is 9.92. The molecular weight excluding hydrogens is 142 g/mol. The van der Waals surface area contributed by atoms with Crippen LogP contribution in [0.2, 0.25) is 0 Å². The molecule has 0 bridgehead atoms. The van der Waals surface area contributed by atoms with Crippen molar-refractivity contribution in [2.45, 2.75) is 13.3 Å². The first-order valence-corrected chi connectivity index (χ1v) is 3.65. The second-order valence-corrected chi connectivity index (χ2v) is 2.11. The van der Waals surface area contributed by atoms with Gasteiger partial charge in [0, 0.05) is 6.54 Å². The molecule has 0 rings (SSSR count). The Morgan fingerprint density at radius 2 is 2.36 bits per heavy atom. The molecule has 0 fully saturated rings. The number of carbonyl (C=O) groups excluding carboxylic acids is 1. The van der Waals surface area contributed by atoms with Gasteiger partial charge in [-0.05, 0) is 6.42 Å². The van der Waals surface area contributed by atoms with Gasteiger partial charge in [0.05, 0.1) is 19.2 Å². The summed E-state index contributed by atoms with van der Waals surface area (Å²) in [6, 6.07) is 1.89. The van der Waals surface area contributed by atoms with E-state index in [4.69, 9.17) is 5.26 Å². The van der Waals surface area contributed by atoms with Crippen molar-refractivity contribution in [3.05, 3.63) is 0 Å². The fourth-order valence-corrected chi connectivity index (χ4v) is 0.559. The third-order valence-electron chi connectivity index (χ3n) is 1.06. The van der Waals surface area contributed by atoms with Crippen LogP contribution in [0.4, 0.5) is 0 Å². The predicted octanol–water partition coefficient (Wildman–Crippen LogP) is -0.374. The smallest absolute Gasteiger partial charge is 0.233 e. The van der Waals surface area contributed by atoms with Crippen LogP contribution in [0.15, 0.2) is 0 Å². The topological polar surface area (TPSA) is 64.9 Å². The van der Waals surface area contributed by atoms with E-state index >= 15 is 0 Å². The minimum atomic E-state index is -0.0536. The molecular formula is C7H13N3O. The quantitative estimate of drug-likeness (QED) is 0.420. The summed E-state index contributed by atoms with van der Waals surface area (Å²) in [6.07, 6.45) is 0.935. The van der Waals surface area contributed by atoms with Gasteiger partial charge in [-0.15, -0.1) is 0 Å². The molecule has 4 nitrogen and oxygen atoms in total. The molecule has 0 saturated carbocycles. The van der Waals surface area contributed by atoms with Crippen LogP contribution in [-0.2, 0) is 4.79 Å². The monoisotopic (exact) mass is 155 g/mol. The van der Waals surface area contributed by atoms with Crippen LogP contribution in [0.5, 0.6) is 0 Å². The molecule has 0 atom stereocenters. The molecule has 62 valence electrons. The third-order valence-corrected chi connectivity index (χ3v) is 1.06. The van der Waals surface area contributed by atoms with E-state index in [9.17, 15) is 4.79 Å². The summed E-state index contributed by atoms with van der Waals surface area (Å²) in [5.41, 5.74) is 0. The third kappa shape index (κ3) is 6.81. The van der Waals surface area contributed by atoms with Gasteiger partial charge in [-0.3, -0.25) is 10.1 Å². The lowest BCUT2D eigenvalue weighted by molar-refractivity contribution is -0.120. The summed E-state index contributed by atoms with van der Waals surface area (Å²) in [4.78, 5) is 10.8. The van der Waals surface area contributed by atoms with Gasteiger partial charge in [-0.2, -0.15) is 5.26 Å². The van der Waals surface area contributed by atoms with Gasteiger partial charge in [0.2, 0.25) is 5.91 Å². The first-order chi connectivity index (χ1) is 5.31. The van der Waals surface area contributed by atoms with Crippen molar-refractivity contribution in [1.29, 1.82) is 5.26 Å². The highest BCUT2D eigenvalue weighted by Gasteiger charge is 1.96. The number of nitrogens with one attached hydrogen (secondary N) is 2. The number of nitrogens with zero attached hydrogens (tertiary/aromatic N) is 1. The van der Waals surface area contributed by atoms with Crippen LogP contribution in [0.3, 0.4) is 0 Å². The van der Waals surface area contributed by atoms with Gasteiger partial charge in [0.1, 0.15) is 0 Å². The lowest BCUT2D eigenvalue weighted by Crippen LogP contribution is -2.34. The zero-order valence-electron chi connectivity index (χ0n) is 6.68. The normalized spacial score (nSPS) is 8.73. The summed E-state index contributed by atoms with van der Waals surface area (Å²) in [7, 11) is 0. The van der Waals surface area contributed by atoms with Crippen molar-refractivity contribution < 1.29 is 4.79 Å². The van der Waals surface area contributed by atoms with Crippen LogP contribution in [-0.4, -0.2) is 25.5 Å². The van der Waals surface area contributed by atoms with E-state index in [1.807, 2.05) is 13.0 Å². The number of hydrogen-bond donors (Lipinski definition) is 2. The fourth-order valence-electron chi connectivity index (χ4n) is 0.559. The van der Waals surface area contributed by atoms with Gasteiger partial charge in [0.25, 0.3) is 0 Å². The van der Waals surface area contributed by atoms with Gasteiger partial charge < -0.3 is 5.32 Å². The van der Waals surface area contributed by atoms with Crippen LogP contribution in [0, 0.1) is 11.3 Å². The Morgan fingerprint density at radius 3 is 2.91 bits per heavy atom. The summed E-state index contributed by atoms with van der Waals surface area (Å²) in [6.45, 7) is 3.14. The average Bonchev–Trinajstić information content (AvgIpc) is 2.01. The van der Waals surface area contributed by atoms with E-state index in [0.717, 1.165) is 6.42 Å². The lowest BCUT2D eigenvalue weighted by Gasteiger charge is -2.01. The number of hydrogen-bond acceptors (Lipinski definition) is 3. The maximum atomic E-state index is 10.8. The maximum absolute atomic E-state index is 10.8. The molecule has 2 N–H and O–H groups in total. The molecule has 0 unspecified atom stereocenters. The van der Waals surface area contributed by atoms with Crippen molar-refractivity contribution >= 4 is 5.91 Å². The summed E-state index contributed by atoms with van der Waals surface area (Å²) >= 11 is 0. The minimum Gasteiger partial charge on any atom is -0.355 e. The molecule has 0 aromatic heterocycles. The zero-order chi connectivity index (χ0) is 8.53. The molecule has 0 spiro atoms. The Hall–Kier alpha value is -1.08. The SMILES string of the molecule is CCCNC(=O)CNCC#N. The fraction of sp³-hybridized carbons (Fsp3) is 0.714. The Morgan fingerprint density at radius 1 is 1.64 bits per heavy atom. The Bertz CT molecular complexity index is 150. The molecule has 0 saturated heterocycles. The molecule has 11 heavy (non-hydrogen) atoms. The standard InChI is InChI=1S/C7H13N3O/c1-2-4-10-7(11)6-9-5-3-8/h9H,2,4-6H2,1H3,(H,10,11). The van der Waals surface area contributed by atoms with Crippen LogP contribution < -0.4 is 10.6 Å². The highest BCUT2D eigenvalue weighted by Crippen LogP contribution is 1.69. The largest absolute Gasteiger partial charge is 0.355 e. The van der Waals surface area contributed by atoms with Gasteiger partial charge in [-0.1, -0.05) is 6.92 Å². The molecule has 1 amide bonds. The summed E-state index contributed by atoms with van der Waals surface area (Å²) in [5, 5.41) is 13.5. The van der Waals surface area contributed by atoms with Gasteiger partial charge in [-0.25, -0.2) is 0 Å². The highest BCUT2D eigenvalue weighted by molar-refractivity contribution is 5.77. The average molecular weight is 155 g/mol. The van der Waals surface area contributed by atoms with Crippen molar-refractivity contribution in [2.24, 2.45) is 0 Å². The molecule has 4 heteroatoms. The number of carbonyl (C=O) groups is 1. The van der Waals surface area contributed by atoms with E-state index < -0.39 is 0 Å². The van der Waals surface area contributed by atoms with Crippen molar-refractivity contribution in [3.8, 4) is 6.07 Å². The molecule has 0 aromatic rings. The lowest BCUT2D eigenvalue weighted by atomic mass is 10.4. The van der Waals surface area contributed by atoms with E-state index in [1.54, 1.807) is 0 Å². The second-order valence-electron chi connectivity index (χ2n) is 2.11. The van der Waals surface area contributed by atoms with Crippen LogP contribution >= 0.6 is 0 Å². The van der Waals surface area contributed by atoms with Crippen LogP contribution in [0.1, 0.15) is 13.3 Å². The molecule has 0 aliphatic rings. The first-order valence-electron chi connectivity index (χ1n) is 3.65. The second kappa shape index (κ2) is 7.03. The van der Waals surface area contributed by atoms with Gasteiger partial charge in [0.15, 0.2) is 0 Å². The van der Waals surface area contributed by atoms with E-state index in [2.05, 4.69) is 10.6 Å². The molecule has 0 radical (unpaired) electrons. The number of nitriles is 1. The van der Waals surface area contributed by atoms with E-state index in [0.29, 0.717) is 6.54 Å². The van der Waals surface area contributed by atoms with E-state index in [-0.39, 0.29) is 19.0 Å². The van der Waals surface area contributed by atoms with Crippen molar-refractivity contribution in [1.82, 2.24) is 10.6 Å². The minimum absolute atomic E-state index is 0.0536. The molecule has 0 aliphatic heterocycles. The Labute approximate surface area is 66.6 Å². The van der Waals surface area contributed by atoms with E-state index in [1.165, 1.54) is 0 Å². The van der Waals surface area contributed by atoms with Crippen LogP contribution in [0.25, 0.3) is 0 Å². The Balaban J connectivity index is 3.17. The Kier molecular flexibility index (Phi) is 6.34. The summed E-state index contributed by atoms with van der Waals surface area (Å²) in [5.74, 6) is -0.0536. The highest BCUT2D eigenvalue weighted by atomic mass is 16.1. The maximum Gasteiger partial charge on any atom is 0.233 e. The zero-order valence-corrected chi connectivity index (χ0v) is 6.68. The number of rotatable bonds is 5. The molecule has 0 aliphatic carbocycles. The predicted molar refractivity (Wildman–Crippen MR) is 41.8 cm³/mol. The molecule has 0 aromatic carbocycles. The van der Waals surface area contributed by atoms with Gasteiger partial charge >= 0.3 is 0 Å². The van der Waals surface area contributed by atoms with Crippen molar-refractivity contribution in [2.75, 3.05) is 19.6 Å². The van der Waals surface area contributed by atoms with Crippen molar-refractivity contribution in [3.63, 3.8) is 0 Å².